The molecule has 0 unspecified atom stereocenters. The van der Waals surface area contributed by atoms with E-state index in [2.05, 4.69) is 30.8 Å². The largest absolute Gasteiger partial charge is 0.490 e. The number of nitrogens with zero attached hydrogens (tertiary/aromatic N) is 8. The molecule has 4 heterocycles. The lowest BCUT2D eigenvalue weighted by Crippen LogP contribution is -2.23. The highest BCUT2D eigenvalue weighted by Crippen LogP contribution is 2.26. The van der Waals surface area contributed by atoms with Crippen molar-refractivity contribution in [3.8, 4) is 0 Å². The Hall–Kier alpha value is -4.27. The van der Waals surface area contributed by atoms with Gasteiger partial charge in [-0.05, 0) is 32.4 Å². The third kappa shape index (κ3) is 6.65. The van der Waals surface area contributed by atoms with Crippen LogP contribution in [0.5, 0.6) is 0 Å². The molecule has 0 atom stereocenters. The van der Waals surface area contributed by atoms with Gasteiger partial charge in [-0.15, -0.1) is 11.3 Å². The molecule has 0 bridgehead atoms. The Kier molecular flexibility index (Phi) is 8.52. The minimum absolute atomic E-state index is 0.596. The van der Waals surface area contributed by atoms with Gasteiger partial charge in [0.2, 0.25) is 5.95 Å². The van der Waals surface area contributed by atoms with Crippen molar-refractivity contribution >= 4 is 50.5 Å². The molecular weight excluding hydrogens is 547 g/mol. The summed E-state index contributed by atoms with van der Waals surface area (Å²) in [6.07, 6.45) is -0.272. The molecule has 0 spiro atoms. The molecule has 4 aromatic heterocycles. The minimum atomic E-state index is -5.08. The lowest BCUT2D eigenvalue weighted by Gasteiger charge is -2.18. The van der Waals surface area contributed by atoms with Crippen molar-refractivity contribution < 1.29 is 23.1 Å². The van der Waals surface area contributed by atoms with Gasteiger partial charge in [-0.2, -0.15) is 23.1 Å². The van der Waals surface area contributed by atoms with Gasteiger partial charge in [0.25, 0.3) is 0 Å². The molecule has 0 radical (unpaired) electrons. The Morgan fingerprint density at radius 2 is 1.85 bits per heavy atom. The number of aryl methyl sites for hydroxylation is 4. The van der Waals surface area contributed by atoms with Crippen LogP contribution in [-0.4, -0.2) is 64.9 Å². The molecule has 1 aromatic carbocycles. The molecule has 0 aliphatic carbocycles. The van der Waals surface area contributed by atoms with E-state index in [0.717, 1.165) is 53.0 Å². The fraction of sp³-hybridized carbons (Fsp3) is 0.360. The highest BCUT2D eigenvalue weighted by atomic mass is 32.1. The summed E-state index contributed by atoms with van der Waals surface area (Å²) in [7, 11) is 4.02. The molecule has 0 saturated heterocycles. The number of carbonyl (C=O) groups is 1. The number of benzene rings is 1. The van der Waals surface area contributed by atoms with Crippen LogP contribution in [0.4, 0.5) is 24.9 Å². The lowest BCUT2D eigenvalue weighted by atomic mass is 10.3. The number of aromatic nitrogens is 7. The molecule has 11 nitrogen and oxygen atoms in total. The van der Waals surface area contributed by atoms with Gasteiger partial charge in [0, 0.05) is 39.6 Å². The number of carboxylic acids is 1. The van der Waals surface area contributed by atoms with Gasteiger partial charge in [-0.1, -0.05) is 12.1 Å². The van der Waals surface area contributed by atoms with Crippen LogP contribution in [0.25, 0.3) is 21.4 Å². The van der Waals surface area contributed by atoms with Crippen molar-refractivity contribution in [2.45, 2.75) is 39.5 Å². The summed E-state index contributed by atoms with van der Waals surface area (Å²) in [5.41, 5.74) is 2.63. The number of aliphatic carboxylic acids is 1. The van der Waals surface area contributed by atoms with Gasteiger partial charge >= 0.3 is 12.1 Å². The van der Waals surface area contributed by atoms with E-state index in [1.165, 1.54) is 4.70 Å². The molecule has 0 aliphatic heterocycles. The molecule has 0 fully saturated rings. The first-order valence-electron chi connectivity index (χ1n) is 12.2. The second-order valence-corrected chi connectivity index (χ2v) is 10.1. The average Bonchev–Trinajstić information content (AvgIpc) is 3.59. The fourth-order valence-electron chi connectivity index (χ4n) is 3.88. The Morgan fingerprint density at radius 1 is 1.12 bits per heavy atom. The predicted octanol–water partition coefficient (Wildman–Crippen LogP) is 4.56. The molecule has 2 N–H and O–H groups in total. The second-order valence-electron chi connectivity index (χ2n) is 8.94. The Balaban J connectivity index is 0.000000470. The maximum Gasteiger partial charge on any atom is 0.490 e. The summed E-state index contributed by atoms with van der Waals surface area (Å²) in [5.74, 6) is 0.607. The van der Waals surface area contributed by atoms with Crippen molar-refractivity contribution in [1.29, 1.82) is 0 Å². The molecule has 0 saturated carbocycles. The summed E-state index contributed by atoms with van der Waals surface area (Å²) < 4.78 is 37.1. The van der Waals surface area contributed by atoms with E-state index in [9.17, 15) is 13.2 Å². The Morgan fingerprint density at radius 3 is 2.50 bits per heavy atom. The number of nitrogens with one attached hydrogen (secondary N) is 1. The summed E-state index contributed by atoms with van der Waals surface area (Å²) >= 11 is 1.70. The molecule has 0 amide bonds. The number of hydrogen-bond acceptors (Lipinski definition) is 9. The van der Waals surface area contributed by atoms with Crippen molar-refractivity contribution in [1.82, 2.24) is 34.1 Å². The summed E-state index contributed by atoms with van der Waals surface area (Å²) in [4.78, 5) is 34.3. The highest BCUT2D eigenvalue weighted by Gasteiger charge is 2.38. The third-order valence-corrected chi connectivity index (χ3v) is 7.12. The second kappa shape index (κ2) is 11.9. The van der Waals surface area contributed by atoms with Crippen LogP contribution in [0.3, 0.4) is 0 Å². The molecule has 15 heteroatoms. The van der Waals surface area contributed by atoms with E-state index in [0.29, 0.717) is 18.1 Å². The van der Waals surface area contributed by atoms with E-state index in [4.69, 9.17) is 24.9 Å². The van der Waals surface area contributed by atoms with Crippen LogP contribution < -0.4 is 10.2 Å². The number of halogens is 3. The lowest BCUT2D eigenvalue weighted by molar-refractivity contribution is -0.192. The number of thiazole rings is 1. The smallest absolute Gasteiger partial charge is 0.475 e. The van der Waals surface area contributed by atoms with E-state index < -0.39 is 12.1 Å². The molecule has 5 rings (SSSR count). The minimum Gasteiger partial charge on any atom is -0.475 e. The first-order valence-corrected chi connectivity index (χ1v) is 13.0. The first kappa shape index (κ1) is 28.7. The average molecular weight is 576 g/mol. The van der Waals surface area contributed by atoms with Crippen LogP contribution in [0, 0.1) is 13.8 Å². The number of imidazole rings is 2. The third-order valence-electron chi connectivity index (χ3n) is 6.09. The van der Waals surface area contributed by atoms with Crippen molar-refractivity contribution in [3.63, 3.8) is 0 Å². The molecule has 0 aliphatic rings. The van der Waals surface area contributed by atoms with Crippen LogP contribution in [0.2, 0.25) is 0 Å². The monoisotopic (exact) mass is 575 g/mol. The predicted molar refractivity (Wildman–Crippen MR) is 147 cm³/mol. The number of carboxylic acid groups (broad SMARTS) is 1. The number of fused-ring (bicyclic) bond motifs is 2. The van der Waals surface area contributed by atoms with E-state index in [1.54, 1.807) is 11.3 Å². The molecular formula is C25H28F3N9O2S. The van der Waals surface area contributed by atoms with Crippen molar-refractivity contribution in [2.75, 3.05) is 23.8 Å². The van der Waals surface area contributed by atoms with Crippen LogP contribution >= 0.6 is 11.3 Å². The number of hydrogen-bond donors (Lipinski definition) is 2. The fourth-order valence-corrected chi connectivity index (χ4v) is 4.78. The number of anilines is 2. The zero-order valence-electron chi connectivity index (χ0n) is 22.3. The van der Waals surface area contributed by atoms with Crippen LogP contribution in [0.1, 0.15) is 23.1 Å². The first-order chi connectivity index (χ1) is 18.9. The van der Waals surface area contributed by atoms with Gasteiger partial charge in [0.1, 0.15) is 22.2 Å². The number of para-hydroxylation sites is 1. The maximum absolute atomic E-state index is 10.6. The maximum atomic E-state index is 10.6. The molecule has 212 valence electrons. The van der Waals surface area contributed by atoms with E-state index in [-0.39, 0.29) is 0 Å². The zero-order chi connectivity index (χ0) is 29.0. The summed E-state index contributed by atoms with van der Waals surface area (Å²) in [6.45, 7) is 6.33. The Labute approximate surface area is 231 Å². The van der Waals surface area contributed by atoms with Crippen molar-refractivity contribution in [3.05, 3.63) is 53.3 Å². The summed E-state index contributed by atoms with van der Waals surface area (Å²) in [6, 6.07) is 8.20. The highest BCUT2D eigenvalue weighted by molar-refractivity contribution is 7.18. The van der Waals surface area contributed by atoms with Gasteiger partial charge in [0.15, 0.2) is 11.5 Å². The number of rotatable bonds is 8. The van der Waals surface area contributed by atoms with Gasteiger partial charge in [-0.25, -0.2) is 19.7 Å². The van der Waals surface area contributed by atoms with Crippen LogP contribution in [-0.2, 0) is 24.9 Å². The van der Waals surface area contributed by atoms with E-state index >= 15 is 0 Å². The van der Waals surface area contributed by atoms with Crippen LogP contribution in [0.15, 0.2) is 36.7 Å². The van der Waals surface area contributed by atoms with Gasteiger partial charge in [-0.3, -0.25) is 0 Å². The molecule has 5 aromatic rings. The Bertz CT molecular complexity index is 1590. The SMILES string of the molecule is Cc1nccn1CCCN(C)c1nc(NCc2nc3ccccc3s2)c2c(n1)nc(C)n2C.O=C(O)C(F)(F)F. The van der Waals surface area contributed by atoms with E-state index in [1.807, 2.05) is 63.1 Å². The van der Waals surface area contributed by atoms with Crippen molar-refractivity contribution in [2.24, 2.45) is 7.05 Å². The standard InChI is InChI=1S/C23H27N9S.C2HF3O2/c1-15-24-10-13-32(15)12-7-11-30(3)23-28-21(20-22(29-23)26-16(2)31(20)4)25-14-19-27-17-8-5-6-9-18(17)33-19;3-2(4,5)1(6)7/h5-6,8-10,13H,7,11-12,14H2,1-4H3,(H,25,28,29);(H,6,7). The quantitative estimate of drug-likeness (QED) is 0.274. The number of alkyl halides is 3. The normalized spacial score (nSPS) is 11.5. The van der Waals surface area contributed by atoms with Gasteiger partial charge < -0.3 is 24.5 Å². The van der Waals surface area contributed by atoms with Gasteiger partial charge in [0.05, 0.1) is 16.8 Å². The topological polar surface area (TPSA) is 127 Å². The summed E-state index contributed by atoms with van der Waals surface area (Å²) in [5, 5.41) is 11.6. The molecule has 40 heavy (non-hydrogen) atoms. The zero-order valence-corrected chi connectivity index (χ0v) is 23.1.